The fraction of sp³-hybridized carbons (Fsp3) is 0.350. The lowest BCUT2D eigenvalue weighted by molar-refractivity contribution is -0.131. The van der Waals surface area contributed by atoms with Gasteiger partial charge in [-0.2, -0.15) is 5.10 Å². The molecular formula is C20H21FN4O2. The minimum Gasteiger partial charge on any atom is -0.356 e. The molecule has 0 spiro atoms. The molecule has 1 amide bonds. The van der Waals surface area contributed by atoms with Gasteiger partial charge in [0.05, 0.1) is 29.4 Å². The van der Waals surface area contributed by atoms with E-state index in [0.717, 1.165) is 35.4 Å². The molecule has 6 nitrogen and oxygen atoms in total. The first-order chi connectivity index (χ1) is 13.0. The predicted molar refractivity (Wildman–Crippen MR) is 97.2 cm³/mol. The molecule has 1 aliphatic heterocycles. The first-order valence-corrected chi connectivity index (χ1v) is 9.02. The highest BCUT2D eigenvalue weighted by Crippen LogP contribution is 2.37. The van der Waals surface area contributed by atoms with E-state index < -0.39 is 0 Å². The minimum atomic E-state index is -0.300. The molecule has 2 aromatic heterocycles. The summed E-state index contributed by atoms with van der Waals surface area (Å²) in [5.41, 5.74) is 3.30. The standard InChI is InChI=1S/C20H21FN4O2/c1-13-10-18(27-23-13)16-12-24(2)22-20(16)17-4-3-9-25(17)19(26)11-14-5-7-15(21)8-6-14/h5-8,10,12,17H,3-4,9,11H2,1-2H3. The molecule has 1 unspecified atom stereocenters. The van der Waals surface area contributed by atoms with E-state index in [4.69, 9.17) is 4.52 Å². The lowest BCUT2D eigenvalue weighted by atomic mass is 10.0. The Morgan fingerprint density at radius 1 is 1.33 bits per heavy atom. The van der Waals surface area contributed by atoms with Gasteiger partial charge in [-0.05, 0) is 37.5 Å². The Morgan fingerprint density at radius 3 is 2.81 bits per heavy atom. The van der Waals surface area contributed by atoms with Crippen molar-refractivity contribution in [1.29, 1.82) is 0 Å². The number of rotatable bonds is 4. The van der Waals surface area contributed by atoms with Crippen molar-refractivity contribution in [3.63, 3.8) is 0 Å². The first-order valence-electron chi connectivity index (χ1n) is 9.02. The van der Waals surface area contributed by atoms with Gasteiger partial charge in [-0.25, -0.2) is 4.39 Å². The van der Waals surface area contributed by atoms with Crippen LogP contribution in [0.25, 0.3) is 11.3 Å². The van der Waals surface area contributed by atoms with E-state index >= 15 is 0 Å². The maximum Gasteiger partial charge on any atom is 0.227 e. The monoisotopic (exact) mass is 368 g/mol. The van der Waals surface area contributed by atoms with Gasteiger partial charge in [-0.3, -0.25) is 9.48 Å². The maximum absolute atomic E-state index is 13.1. The average Bonchev–Trinajstić information content (AvgIpc) is 3.35. The van der Waals surface area contributed by atoms with Crippen molar-refractivity contribution in [1.82, 2.24) is 19.8 Å². The average molecular weight is 368 g/mol. The second kappa shape index (κ2) is 6.98. The molecule has 0 saturated carbocycles. The third kappa shape index (κ3) is 3.49. The Labute approximate surface area is 156 Å². The molecule has 0 radical (unpaired) electrons. The van der Waals surface area contributed by atoms with Crippen LogP contribution in [0.1, 0.15) is 35.8 Å². The largest absolute Gasteiger partial charge is 0.356 e. The molecule has 140 valence electrons. The summed E-state index contributed by atoms with van der Waals surface area (Å²) < 4.78 is 20.3. The van der Waals surface area contributed by atoms with Gasteiger partial charge >= 0.3 is 0 Å². The molecule has 7 heteroatoms. The van der Waals surface area contributed by atoms with Gasteiger partial charge in [0, 0.05) is 25.9 Å². The number of nitrogens with zero attached hydrogens (tertiary/aromatic N) is 4. The molecule has 0 aliphatic carbocycles. The van der Waals surface area contributed by atoms with Crippen LogP contribution < -0.4 is 0 Å². The minimum absolute atomic E-state index is 0.0226. The van der Waals surface area contributed by atoms with Crippen LogP contribution in [-0.4, -0.2) is 32.3 Å². The van der Waals surface area contributed by atoms with Gasteiger partial charge < -0.3 is 9.42 Å². The number of aryl methyl sites for hydroxylation is 2. The van der Waals surface area contributed by atoms with Gasteiger partial charge in [0.1, 0.15) is 5.82 Å². The van der Waals surface area contributed by atoms with Crippen molar-refractivity contribution in [3.8, 4) is 11.3 Å². The summed E-state index contributed by atoms with van der Waals surface area (Å²) in [5.74, 6) is 0.383. The predicted octanol–water partition coefficient (Wildman–Crippen LogP) is 3.43. The summed E-state index contributed by atoms with van der Waals surface area (Å²) in [6, 6.07) is 7.85. The van der Waals surface area contributed by atoms with Crippen molar-refractivity contribution >= 4 is 5.91 Å². The summed E-state index contributed by atoms with van der Waals surface area (Å²) in [5, 5.41) is 8.58. The summed E-state index contributed by atoms with van der Waals surface area (Å²) in [7, 11) is 1.86. The van der Waals surface area contributed by atoms with Gasteiger partial charge in [-0.1, -0.05) is 17.3 Å². The smallest absolute Gasteiger partial charge is 0.227 e. The Balaban J connectivity index is 1.60. The summed E-state index contributed by atoms with van der Waals surface area (Å²) in [6.07, 6.45) is 3.92. The third-order valence-corrected chi connectivity index (χ3v) is 4.91. The van der Waals surface area contributed by atoms with E-state index in [1.807, 2.05) is 31.1 Å². The van der Waals surface area contributed by atoms with Crippen LogP contribution in [0.3, 0.4) is 0 Å². The molecule has 0 N–H and O–H groups in total. The van der Waals surface area contributed by atoms with E-state index in [9.17, 15) is 9.18 Å². The van der Waals surface area contributed by atoms with Crippen LogP contribution in [0.5, 0.6) is 0 Å². The molecule has 1 aliphatic rings. The van der Waals surface area contributed by atoms with Crippen LogP contribution in [0.15, 0.2) is 41.1 Å². The molecule has 27 heavy (non-hydrogen) atoms. The number of carbonyl (C=O) groups excluding carboxylic acids is 1. The van der Waals surface area contributed by atoms with Gasteiger partial charge in [0.15, 0.2) is 5.76 Å². The fourth-order valence-corrected chi connectivity index (χ4v) is 3.66. The highest BCUT2D eigenvalue weighted by molar-refractivity contribution is 5.80. The van der Waals surface area contributed by atoms with Gasteiger partial charge in [-0.15, -0.1) is 0 Å². The third-order valence-electron chi connectivity index (χ3n) is 4.91. The zero-order chi connectivity index (χ0) is 19.0. The van der Waals surface area contributed by atoms with Crippen LogP contribution in [0.2, 0.25) is 0 Å². The van der Waals surface area contributed by atoms with Crippen LogP contribution in [0.4, 0.5) is 4.39 Å². The Bertz CT molecular complexity index is 961. The molecule has 1 saturated heterocycles. The van der Waals surface area contributed by atoms with Crippen molar-refractivity contribution in [2.75, 3.05) is 6.54 Å². The molecule has 1 aromatic carbocycles. The summed E-state index contributed by atoms with van der Waals surface area (Å²) in [4.78, 5) is 14.8. The summed E-state index contributed by atoms with van der Waals surface area (Å²) >= 11 is 0. The quantitative estimate of drug-likeness (QED) is 0.708. The van der Waals surface area contributed by atoms with E-state index in [1.54, 1.807) is 16.8 Å². The zero-order valence-corrected chi connectivity index (χ0v) is 15.4. The van der Waals surface area contributed by atoms with Crippen molar-refractivity contribution in [2.45, 2.75) is 32.2 Å². The van der Waals surface area contributed by atoms with Crippen molar-refractivity contribution in [3.05, 3.63) is 59.3 Å². The molecule has 0 bridgehead atoms. The number of aromatic nitrogens is 3. The van der Waals surface area contributed by atoms with Crippen molar-refractivity contribution in [2.24, 2.45) is 7.05 Å². The Morgan fingerprint density at radius 2 is 2.11 bits per heavy atom. The Kier molecular flexibility index (Phi) is 4.51. The molecule has 1 fully saturated rings. The van der Waals surface area contributed by atoms with E-state index in [2.05, 4.69) is 10.3 Å². The normalized spacial score (nSPS) is 16.9. The number of amides is 1. The highest BCUT2D eigenvalue weighted by atomic mass is 19.1. The second-order valence-electron chi connectivity index (χ2n) is 6.98. The number of halogens is 1. The number of carbonyl (C=O) groups is 1. The van der Waals surface area contributed by atoms with Gasteiger partial charge in [0.2, 0.25) is 5.91 Å². The molecule has 4 rings (SSSR count). The maximum atomic E-state index is 13.1. The number of hydrogen-bond donors (Lipinski definition) is 0. The SMILES string of the molecule is Cc1cc(-c2cn(C)nc2C2CCCN2C(=O)Cc2ccc(F)cc2)on1. The topological polar surface area (TPSA) is 64.2 Å². The van der Waals surface area contributed by atoms with Crippen molar-refractivity contribution < 1.29 is 13.7 Å². The number of hydrogen-bond acceptors (Lipinski definition) is 4. The van der Waals surface area contributed by atoms with Gasteiger partial charge in [0.25, 0.3) is 0 Å². The molecule has 3 aromatic rings. The van der Waals surface area contributed by atoms with Crippen LogP contribution in [0, 0.1) is 12.7 Å². The van der Waals surface area contributed by atoms with E-state index in [1.165, 1.54) is 12.1 Å². The van der Waals surface area contributed by atoms with Crippen LogP contribution in [-0.2, 0) is 18.3 Å². The first kappa shape index (κ1) is 17.5. The highest BCUT2D eigenvalue weighted by Gasteiger charge is 2.34. The lowest BCUT2D eigenvalue weighted by Crippen LogP contribution is -2.32. The van der Waals surface area contributed by atoms with E-state index in [-0.39, 0.29) is 24.2 Å². The number of benzene rings is 1. The summed E-state index contributed by atoms with van der Waals surface area (Å²) in [6.45, 7) is 2.56. The molecule has 3 heterocycles. The molecular weight excluding hydrogens is 347 g/mol. The van der Waals surface area contributed by atoms with Crippen LogP contribution >= 0.6 is 0 Å². The zero-order valence-electron chi connectivity index (χ0n) is 15.4. The fourth-order valence-electron chi connectivity index (χ4n) is 3.66. The number of likely N-dealkylation sites (tertiary alicyclic amines) is 1. The second-order valence-corrected chi connectivity index (χ2v) is 6.98. The molecule has 1 atom stereocenters. The lowest BCUT2D eigenvalue weighted by Gasteiger charge is -2.24. The Hall–Kier alpha value is -2.96. The van der Waals surface area contributed by atoms with E-state index in [0.29, 0.717) is 12.3 Å².